The molecule has 0 aliphatic carbocycles. The average molecular weight is 213 g/mol. The molecule has 0 amide bonds. The van der Waals surface area contributed by atoms with E-state index < -0.39 is 0 Å². The van der Waals surface area contributed by atoms with E-state index in [2.05, 4.69) is 11.9 Å². The highest BCUT2D eigenvalue weighted by molar-refractivity contribution is 7.09. The van der Waals surface area contributed by atoms with Crippen LogP contribution in [0.15, 0.2) is 11.7 Å². The van der Waals surface area contributed by atoms with Crippen LogP contribution in [0, 0.1) is 5.92 Å². The van der Waals surface area contributed by atoms with Crippen molar-refractivity contribution in [2.24, 2.45) is 5.92 Å². The van der Waals surface area contributed by atoms with Crippen LogP contribution in [0.3, 0.4) is 0 Å². The molecule has 3 unspecified atom stereocenters. The first-order valence-corrected chi connectivity index (χ1v) is 5.82. The van der Waals surface area contributed by atoms with Gasteiger partial charge in [0.2, 0.25) is 0 Å². The lowest BCUT2D eigenvalue weighted by atomic mass is 9.97. The van der Waals surface area contributed by atoms with Crippen LogP contribution in [-0.2, 0) is 11.2 Å². The molecule has 1 N–H and O–H groups in total. The van der Waals surface area contributed by atoms with Crippen LogP contribution in [0.25, 0.3) is 0 Å². The largest absolute Gasteiger partial charge is 0.390 e. The lowest BCUT2D eigenvalue weighted by Gasteiger charge is -2.20. The van der Waals surface area contributed by atoms with Crippen molar-refractivity contribution in [3.63, 3.8) is 0 Å². The second-order valence-corrected chi connectivity index (χ2v) is 4.81. The van der Waals surface area contributed by atoms with Gasteiger partial charge in [-0.1, -0.05) is 6.92 Å². The summed E-state index contributed by atoms with van der Waals surface area (Å²) in [5.74, 6) is 0.470. The molecule has 4 heteroatoms. The molecular formula is C10H15NO2S. The number of aliphatic hydroxyl groups is 1. The second kappa shape index (κ2) is 4.38. The maximum absolute atomic E-state index is 9.95. The quantitative estimate of drug-likeness (QED) is 0.826. The predicted molar refractivity (Wildman–Crippen MR) is 55.3 cm³/mol. The SMILES string of the molecule is CC1CCOC1C(O)Cc1cncs1. The minimum Gasteiger partial charge on any atom is -0.390 e. The fourth-order valence-electron chi connectivity index (χ4n) is 1.87. The molecule has 1 aromatic rings. The van der Waals surface area contributed by atoms with E-state index in [1.165, 1.54) is 0 Å². The number of hydrogen-bond donors (Lipinski definition) is 1. The van der Waals surface area contributed by atoms with Crippen LogP contribution in [0.2, 0.25) is 0 Å². The van der Waals surface area contributed by atoms with Crippen LogP contribution in [0.4, 0.5) is 0 Å². The van der Waals surface area contributed by atoms with Crippen molar-refractivity contribution in [3.8, 4) is 0 Å². The molecule has 0 spiro atoms. The third-order valence-corrected chi connectivity index (χ3v) is 3.52. The molecule has 0 saturated carbocycles. The summed E-state index contributed by atoms with van der Waals surface area (Å²) in [6.45, 7) is 2.92. The van der Waals surface area contributed by atoms with E-state index in [0.717, 1.165) is 17.9 Å². The Bertz CT molecular complexity index is 276. The number of hydrogen-bond acceptors (Lipinski definition) is 4. The van der Waals surface area contributed by atoms with E-state index >= 15 is 0 Å². The maximum atomic E-state index is 9.95. The normalized spacial score (nSPS) is 29.3. The Hall–Kier alpha value is -0.450. The van der Waals surface area contributed by atoms with Crippen molar-refractivity contribution < 1.29 is 9.84 Å². The smallest absolute Gasteiger partial charge is 0.0863 e. The van der Waals surface area contributed by atoms with Crippen LogP contribution in [-0.4, -0.2) is 28.9 Å². The standard InChI is InChI=1S/C10H15NO2S/c1-7-2-3-13-10(7)9(12)4-8-5-11-6-14-8/h5-7,9-10,12H,2-4H2,1H3. The summed E-state index contributed by atoms with van der Waals surface area (Å²) in [7, 11) is 0. The van der Waals surface area contributed by atoms with Gasteiger partial charge in [0.05, 0.1) is 17.7 Å². The van der Waals surface area contributed by atoms with Gasteiger partial charge in [0, 0.05) is 24.1 Å². The lowest BCUT2D eigenvalue weighted by Crippen LogP contribution is -2.31. The molecule has 0 bridgehead atoms. The third kappa shape index (κ3) is 2.13. The number of nitrogens with zero attached hydrogens (tertiary/aromatic N) is 1. The van der Waals surface area contributed by atoms with Crippen molar-refractivity contribution in [2.75, 3.05) is 6.61 Å². The first-order chi connectivity index (χ1) is 6.77. The molecule has 3 atom stereocenters. The molecule has 78 valence electrons. The zero-order chi connectivity index (χ0) is 9.97. The van der Waals surface area contributed by atoms with Gasteiger partial charge >= 0.3 is 0 Å². The van der Waals surface area contributed by atoms with Crippen LogP contribution < -0.4 is 0 Å². The molecule has 1 aliphatic heterocycles. The first kappa shape index (κ1) is 10.1. The van der Waals surface area contributed by atoms with Crippen LogP contribution in [0.5, 0.6) is 0 Å². The van der Waals surface area contributed by atoms with Gasteiger partial charge < -0.3 is 9.84 Å². The van der Waals surface area contributed by atoms with E-state index in [9.17, 15) is 5.11 Å². The van der Waals surface area contributed by atoms with E-state index in [4.69, 9.17) is 4.74 Å². The molecule has 1 aromatic heterocycles. The van der Waals surface area contributed by atoms with Gasteiger partial charge in [-0.15, -0.1) is 11.3 Å². The van der Waals surface area contributed by atoms with Gasteiger partial charge in [0.15, 0.2) is 0 Å². The molecule has 1 aliphatic rings. The summed E-state index contributed by atoms with van der Waals surface area (Å²) in [5.41, 5.74) is 1.79. The Morgan fingerprint density at radius 2 is 2.64 bits per heavy atom. The molecule has 0 aromatic carbocycles. The molecule has 0 radical (unpaired) electrons. The molecule has 2 rings (SSSR count). The minimum absolute atomic E-state index is 0.0112. The summed E-state index contributed by atoms with van der Waals surface area (Å²) in [5, 5.41) is 9.95. The molecule has 1 saturated heterocycles. The van der Waals surface area contributed by atoms with Crippen molar-refractivity contribution in [1.82, 2.24) is 4.98 Å². The van der Waals surface area contributed by atoms with E-state index in [0.29, 0.717) is 12.3 Å². The molecule has 14 heavy (non-hydrogen) atoms. The number of ether oxygens (including phenoxy) is 1. The van der Waals surface area contributed by atoms with E-state index in [1.54, 1.807) is 16.8 Å². The number of aromatic nitrogens is 1. The predicted octanol–water partition coefficient (Wildman–Crippen LogP) is 1.47. The van der Waals surface area contributed by atoms with Crippen LogP contribution >= 0.6 is 11.3 Å². The summed E-state index contributed by atoms with van der Waals surface area (Å²) in [6.07, 6.45) is 3.17. The van der Waals surface area contributed by atoms with Gasteiger partial charge in [0.1, 0.15) is 0 Å². The monoisotopic (exact) mass is 213 g/mol. The fourth-order valence-corrected chi connectivity index (χ4v) is 2.52. The molecular weight excluding hydrogens is 198 g/mol. The van der Waals surface area contributed by atoms with E-state index in [1.807, 2.05) is 6.20 Å². The zero-order valence-corrected chi connectivity index (χ0v) is 9.04. The zero-order valence-electron chi connectivity index (χ0n) is 8.22. The van der Waals surface area contributed by atoms with Crippen molar-refractivity contribution >= 4 is 11.3 Å². The highest BCUT2D eigenvalue weighted by Gasteiger charge is 2.30. The summed E-state index contributed by atoms with van der Waals surface area (Å²) >= 11 is 1.58. The Morgan fingerprint density at radius 1 is 1.79 bits per heavy atom. The third-order valence-electron chi connectivity index (χ3n) is 2.72. The average Bonchev–Trinajstić information content (AvgIpc) is 2.75. The fraction of sp³-hybridized carbons (Fsp3) is 0.700. The lowest BCUT2D eigenvalue weighted by molar-refractivity contribution is -0.0154. The Kier molecular flexibility index (Phi) is 3.15. The Morgan fingerprint density at radius 3 is 3.21 bits per heavy atom. The van der Waals surface area contributed by atoms with Gasteiger partial charge in [-0.2, -0.15) is 0 Å². The summed E-state index contributed by atoms with van der Waals surface area (Å²) in [6, 6.07) is 0. The molecule has 2 heterocycles. The topological polar surface area (TPSA) is 42.4 Å². The highest BCUT2D eigenvalue weighted by Crippen LogP contribution is 2.25. The first-order valence-electron chi connectivity index (χ1n) is 4.94. The van der Waals surface area contributed by atoms with Gasteiger partial charge in [-0.05, 0) is 12.3 Å². The van der Waals surface area contributed by atoms with Crippen molar-refractivity contribution in [3.05, 3.63) is 16.6 Å². The minimum atomic E-state index is -0.382. The van der Waals surface area contributed by atoms with Crippen molar-refractivity contribution in [2.45, 2.75) is 32.0 Å². The van der Waals surface area contributed by atoms with Gasteiger partial charge in [-0.25, -0.2) is 0 Å². The van der Waals surface area contributed by atoms with Crippen molar-refractivity contribution in [1.29, 1.82) is 0 Å². The molecule has 1 fully saturated rings. The molecule has 3 nitrogen and oxygen atoms in total. The number of thiazole rings is 1. The number of aliphatic hydroxyl groups excluding tert-OH is 1. The summed E-state index contributed by atoms with van der Waals surface area (Å²) in [4.78, 5) is 5.11. The second-order valence-electron chi connectivity index (χ2n) is 3.84. The number of rotatable bonds is 3. The van der Waals surface area contributed by atoms with Gasteiger partial charge in [0.25, 0.3) is 0 Å². The Balaban J connectivity index is 1.92. The van der Waals surface area contributed by atoms with Crippen LogP contribution in [0.1, 0.15) is 18.2 Å². The highest BCUT2D eigenvalue weighted by atomic mass is 32.1. The van der Waals surface area contributed by atoms with Gasteiger partial charge in [-0.3, -0.25) is 4.98 Å². The Labute approximate surface area is 87.7 Å². The van der Waals surface area contributed by atoms with E-state index in [-0.39, 0.29) is 12.2 Å². The maximum Gasteiger partial charge on any atom is 0.0863 e. The summed E-state index contributed by atoms with van der Waals surface area (Å²) < 4.78 is 5.51.